The number of carbonyl (C=O) groups is 1. The number of halogens is 3. The fourth-order valence-corrected chi connectivity index (χ4v) is 1.35. The molecule has 0 N–H and O–H groups in total. The van der Waals surface area contributed by atoms with Crippen LogP contribution in [0.5, 0.6) is 0 Å². The van der Waals surface area contributed by atoms with Crippen molar-refractivity contribution in [3.8, 4) is 0 Å². The molecule has 0 bridgehead atoms. The molecular weight excluding hydrogens is 217 g/mol. The number of hydrogen-bond acceptors (Lipinski definition) is 1. The highest BCUT2D eigenvalue weighted by Gasteiger charge is 2.37. The lowest BCUT2D eigenvalue weighted by Gasteiger charge is -2.08. The summed E-state index contributed by atoms with van der Waals surface area (Å²) in [5.74, 6) is -1.46. The molecule has 0 unspecified atom stereocenters. The molecule has 1 nitrogen and oxygen atoms in total. The van der Waals surface area contributed by atoms with Gasteiger partial charge in [-0.05, 0) is 17.0 Å². The summed E-state index contributed by atoms with van der Waals surface area (Å²) in [4.78, 5) is 10.8. The number of carbonyl (C=O) groups excluding carboxylic acids is 1. The van der Waals surface area contributed by atoms with Crippen LogP contribution in [0.4, 0.5) is 13.2 Å². The molecule has 4 heteroatoms. The first-order chi connectivity index (χ1) is 7.30. The highest BCUT2D eigenvalue weighted by atomic mass is 19.4. The SMILES string of the molecule is CC(C)c1cccc(CC(=O)C(F)(F)F)c1. The van der Waals surface area contributed by atoms with E-state index in [0.717, 1.165) is 5.56 Å². The topological polar surface area (TPSA) is 17.1 Å². The van der Waals surface area contributed by atoms with E-state index in [1.165, 1.54) is 6.07 Å². The van der Waals surface area contributed by atoms with Crippen LogP contribution in [-0.2, 0) is 11.2 Å². The summed E-state index contributed by atoms with van der Waals surface area (Å²) < 4.78 is 36.1. The summed E-state index contributed by atoms with van der Waals surface area (Å²) >= 11 is 0. The van der Waals surface area contributed by atoms with Gasteiger partial charge in [-0.2, -0.15) is 13.2 Å². The van der Waals surface area contributed by atoms with Crippen molar-refractivity contribution in [2.45, 2.75) is 32.4 Å². The molecule has 88 valence electrons. The summed E-state index contributed by atoms with van der Waals surface area (Å²) in [5, 5.41) is 0. The molecule has 0 atom stereocenters. The van der Waals surface area contributed by atoms with E-state index in [4.69, 9.17) is 0 Å². The Morgan fingerprint density at radius 2 is 1.94 bits per heavy atom. The lowest BCUT2D eigenvalue weighted by Crippen LogP contribution is -2.24. The maximum atomic E-state index is 12.0. The Morgan fingerprint density at radius 1 is 1.31 bits per heavy atom. The fraction of sp³-hybridized carbons (Fsp3) is 0.417. The van der Waals surface area contributed by atoms with Crippen LogP contribution in [0.25, 0.3) is 0 Å². The third-order valence-corrected chi connectivity index (χ3v) is 2.30. The van der Waals surface area contributed by atoms with Gasteiger partial charge in [0, 0.05) is 6.42 Å². The standard InChI is InChI=1S/C12H13F3O/c1-8(2)10-5-3-4-9(6-10)7-11(16)12(13,14)15/h3-6,8H,7H2,1-2H3. The second-order valence-electron chi connectivity index (χ2n) is 4.00. The molecule has 16 heavy (non-hydrogen) atoms. The molecular formula is C12H13F3O. The zero-order valence-corrected chi connectivity index (χ0v) is 9.14. The summed E-state index contributed by atoms with van der Waals surface area (Å²) in [5.41, 5.74) is 1.35. The Balaban J connectivity index is 2.83. The number of Topliss-reactive ketones (excluding diaryl/α,β-unsaturated/α-hetero) is 1. The molecule has 0 heterocycles. The van der Waals surface area contributed by atoms with Crippen molar-refractivity contribution < 1.29 is 18.0 Å². The van der Waals surface area contributed by atoms with Crippen molar-refractivity contribution >= 4 is 5.78 Å². The molecule has 0 saturated heterocycles. The summed E-state index contributed by atoms with van der Waals surface area (Å²) in [6, 6.07) is 6.70. The maximum Gasteiger partial charge on any atom is 0.450 e. The minimum Gasteiger partial charge on any atom is -0.289 e. The van der Waals surface area contributed by atoms with E-state index >= 15 is 0 Å². The first kappa shape index (κ1) is 12.7. The molecule has 1 aromatic rings. The first-order valence-electron chi connectivity index (χ1n) is 4.99. The Kier molecular flexibility index (Phi) is 3.73. The fourth-order valence-electron chi connectivity index (χ4n) is 1.35. The van der Waals surface area contributed by atoms with Gasteiger partial charge in [0.1, 0.15) is 0 Å². The summed E-state index contributed by atoms with van der Waals surface area (Å²) in [6.45, 7) is 3.90. The van der Waals surface area contributed by atoms with E-state index in [2.05, 4.69) is 0 Å². The van der Waals surface area contributed by atoms with Crippen LogP contribution in [-0.4, -0.2) is 12.0 Å². The van der Waals surface area contributed by atoms with E-state index in [1.807, 2.05) is 19.9 Å². The number of alkyl halides is 3. The van der Waals surface area contributed by atoms with Crippen molar-refractivity contribution in [1.29, 1.82) is 0 Å². The van der Waals surface area contributed by atoms with Crippen molar-refractivity contribution in [1.82, 2.24) is 0 Å². The quantitative estimate of drug-likeness (QED) is 0.776. The van der Waals surface area contributed by atoms with Crippen LogP contribution in [0.2, 0.25) is 0 Å². The first-order valence-corrected chi connectivity index (χ1v) is 4.99. The second-order valence-corrected chi connectivity index (χ2v) is 4.00. The van der Waals surface area contributed by atoms with Crippen LogP contribution in [0.1, 0.15) is 30.9 Å². The van der Waals surface area contributed by atoms with Gasteiger partial charge in [0.25, 0.3) is 0 Å². The Hall–Kier alpha value is -1.32. The predicted molar refractivity (Wildman–Crippen MR) is 55.3 cm³/mol. The number of rotatable bonds is 3. The molecule has 0 aliphatic carbocycles. The number of hydrogen-bond donors (Lipinski definition) is 0. The molecule has 0 spiro atoms. The summed E-state index contributed by atoms with van der Waals surface area (Å²) in [7, 11) is 0. The van der Waals surface area contributed by atoms with Gasteiger partial charge < -0.3 is 0 Å². The van der Waals surface area contributed by atoms with Crippen LogP contribution < -0.4 is 0 Å². The molecule has 1 rings (SSSR count). The Bertz CT molecular complexity index is 380. The molecule has 1 aromatic carbocycles. The highest BCUT2D eigenvalue weighted by Crippen LogP contribution is 2.21. The smallest absolute Gasteiger partial charge is 0.289 e. The van der Waals surface area contributed by atoms with E-state index in [1.54, 1.807) is 12.1 Å². The molecule has 0 amide bonds. The van der Waals surface area contributed by atoms with Crippen molar-refractivity contribution in [2.24, 2.45) is 0 Å². The molecule has 0 fully saturated rings. The van der Waals surface area contributed by atoms with Crippen molar-refractivity contribution in [2.75, 3.05) is 0 Å². The monoisotopic (exact) mass is 230 g/mol. The van der Waals surface area contributed by atoms with Crippen LogP contribution >= 0.6 is 0 Å². The van der Waals surface area contributed by atoms with Gasteiger partial charge >= 0.3 is 6.18 Å². The average Bonchev–Trinajstić information content (AvgIpc) is 2.16. The lowest BCUT2D eigenvalue weighted by molar-refractivity contribution is -0.170. The zero-order valence-electron chi connectivity index (χ0n) is 9.14. The molecule has 0 aliphatic rings. The predicted octanol–water partition coefficient (Wildman–Crippen LogP) is 3.48. The highest BCUT2D eigenvalue weighted by molar-refractivity contribution is 5.86. The van der Waals surface area contributed by atoms with Gasteiger partial charge in [0.05, 0.1) is 0 Å². The van der Waals surface area contributed by atoms with Crippen LogP contribution in [0.15, 0.2) is 24.3 Å². The average molecular weight is 230 g/mol. The number of benzene rings is 1. The second kappa shape index (κ2) is 4.68. The van der Waals surface area contributed by atoms with Crippen molar-refractivity contribution in [3.63, 3.8) is 0 Å². The van der Waals surface area contributed by atoms with Gasteiger partial charge in [-0.25, -0.2) is 0 Å². The van der Waals surface area contributed by atoms with Gasteiger partial charge in [0.15, 0.2) is 0 Å². The minimum absolute atomic E-state index is 0.237. The van der Waals surface area contributed by atoms with E-state index in [0.29, 0.717) is 5.56 Å². The Labute approximate surface area is 92.3 Å². The molecule has 0 aliphatic heterocycles. The van der Waals surface area contributed by atoms with Crippen molar-refractivity contribution in [3.05, 3.63) is 35.4 Å². The van der Waals surface area contributed by atoms with E-state index in [-0.39, 0.29) is 5.92 Å². The molecule has 0 radical (unpaired) electrons. The number of ketones is 1. The third-order valence-electron chi connectivity index (χ3n) is 2.30. The largest absolute Gasteiger partial charge is 0.450 e. The van der Waals surface area contributed by atoms with Gasteiger partial charge in [0.2, 0.25) is 5.78 Å². The van der Waals surface area contributed by atoms with Gasteiger partial charge in [-0.15, -0.1) is 0 Å². The molecule has 0 saturated carbocycles. The molecule has 0 aromatic heterocycles. The summed E-state index contributed by atoms with van der Waals surface area (Å²) in [6.07, 6.45) is -5.32. The van der Waals surface area contributed by atoms with Crippen LogP contribution in [0, 0.1) is 0 Å². The van der Waals surface area contributed by atoms with Crippen LogP contribution in [0.3, 0.4) is 0 Å². The van der Waals surface area contributed by atoms with E-state index in [9.17, 15) is 18.0 Å². The Morgan fingerprint density at radius 3 is 2.44 bits per heavy atom. The lowest BCUT2D eigenvalue weighted by atomic mass is 9.99. The van der Waals surface area contributed by atoms with E-state index < -0.39 is 18.4 Å². The normalized spacial score (nSPS) is 11.9. The maximum absolute atomic E-state index is 12.0. The van der Waals surface area contributed by atoms with Gasteiger partial charge in [-0.1, -0.05) is 38.1 Å². The minimum atomic E-state index is -4.74. The zero-order chi connectivity index (χ0) is 12.3. The van der Waals surface area contributed by atoms with Gasteiger partial charge in [-0.3, -0.25) is 4.79 Å². The third kappa shape index (κ3) is 3.36.